The van der Waals surface area contributed by atoms with Crippen LogP contribution < -0.4 is 5.32 Å². The summed E-state index contributed by atoms with van der Waals surface area (Å²) in [5.41, 5.74) is -0.838. The van der Waals surface area contributed by atoms with E-state index < -0.39 is 11.7 Å². The zero-order valence-electron chi connectivity index (χ0n) is 7.63. The Balaban J connectivity index is 2.29. The summed E-state index contributed by atoms with van der Waals surface area (Å²) in [6.07, 6.45) is 3.10. The molecule has 2 aliphatic rings. The Morgan fingerprint density at radius 2 is 2.38 bits per heavy atom. The van der Waals surface area contributed by atoms with Gasteiger partial charge in [-0.25, -0.2) is 4.79 Å². The van der Waals surface area contributed by atoms with E-state index in [2.05, 4.69) is 5.32 Å². The number of rotatable bonds is 1. The summed E-state index contributed by atoms with van der Waals surface area (Å²) in [5, 5.41) is 2.70. The van der Waals surface area contributed by atoms with Crippen LogP contribution in [0.2, 0.25) is 0 Å². The maximum atomic E-state index is 11.4. The molecule has 4 nitrogen and oxygen atoms in total. The fraction of sp³-hybridized carbons (Fsp3) is 0.778. The molecule has 1 saturated carbocycles. The lowest BCUT2D eigenvalue weighted by atomic mass is 9.78. The predicted octanol–water partition coefficient (Wildman–Crippen LogP) is 0.997. The van der Waals surface area contributed by atoms with Gasteiger partial charge in [-0.15, -0.1) is 0 Å². The highest BCUT2D eigenvalue weighted by atomic mass is 16.6. The van der Waals surface area contributed by atoms with Crippen LogP contribution in [-0.4, -0.2) is 23.5 Å². The van der Waals surface area contributed by atoms with Crippen molar-refractivity contribution in [3.8, 4) is 0 Å². The topological polar surface area (TPSA) is 55.4 Å². The van der Waals surface area contributed by atoms with Crippen molar-refractivity contribution >= 4 is 11.9 Å². The molecule has 72 valence electrons. The van der Waals surface area contributed by atoms with Crippen LogP contribution in [0.4, 0.5) is 4.79 Å². The van der Waals surface area contributed by atoms with Gasteiger partial charge >= 0.3 is 6.09 Å². The number of amides is 1. The standard InChI is InChI=1S/C9H13NO3/c1-6(11)9-5-3-2-4-7(9)10-8(12)13-9/h7H,2-5H2,1H3,(H,10,12)/t7-,9-/m1/s1. The Kier molecular flexibility index (Phi) is 1.78. The summed E-state index contributed by atoms with van der Waals surface area (Å²) in [5.74, 6) is -0.0319. The maximum Gasteiger partial charge on any atom is 0.408 e. The molecule has 0 aromatic rings. The van der Waals surface area contributed by atoms with Gasteiger partial charge in [-0.2, -0.15) is 0 Å². The molecule has 2 rings (SSSR count). The number of carbonyl (C=O) groups excluding carboxylic acids is 2. The molecule has 1 N–H and O–H groups in total. The maximum absolute atomic E-state index is 11.4. The smallest absolute Gasteiger partial charge is 0.408 e. The van der Waals surface area contributed by atoms with Crippen LogP contribution in [0.1, 0.15) is 32.6 Å². The van der Waals surface area contributed by atoms with E-state index >= 15 is 0 Å². The zero-order valence-corrected chi connectivity index (χ0v) is 7.63. The molecule has 1 amide bonds. The van der Waals surface area contributed by atoms with Crippen LogP contribution in [0, 0.1) is 0 Å². The monoisotopic (exact) mass is 183 g/mol. The second-order valence-electron chi connectivity index (χ2n) is 3.78. The first-order valence-corrected chi connectivity index (χ1v) is 4.66. The average Bonchev–Trinajstić information content (AvgIpc) is 2.41. The van der Waals surface area contributed by atoms with E-state index in [1.807, 2.05) is 0 Å². The van der Waals surface area contributed by atoms with E-state index in [-0.39, 0.29) is 11.8 Å². The van der Waals surface area contributed by atoms with Gasteiger partial charge in [0.05, 0.1) is 6.04 Å². The molecule has 1 heterocycles. The van der Waals surface area contributed by atoms with E-state index in [1.54, 1.807) is 0 Å². The van der Waals surface area contributed by atoms with E-state index in [4.69, 9.17) is 4.74 Å². The van der Waals surface area contributed by atoms with Crippen LogP contribution in [0.15, 0.2) is 0 Å². The lowest BCUT2D eigenvalue weighted by Crippen LogP contribution is -2.51. The fourth-order valence-corrected chi connectivity index (χ4v) is 2.28. The lowest BCUT2D eigenvalue weighted by Gasteiger charge is -2.33. The SMILES string of the molecule is CC(=O)[C@]12CCCC[C@H]1NC(=O)O2. The van der Waals surface area contributed by atoms with Crippen LogP contribution in [0.5, 0.6) is 0 Å². The average molecular weight is 183 g/mol. The van der Waals surface area contributed by atoms with E-state index in [1.165, 1.54) is 6.92 Å². The Morgan fingerprint density at radius 1 is 1.62 bits per heavy atom. The van der Waals surface area contributed by atoms with Crippen molar-refractivity contribution in [2.24, 2.45) is 0 Å². The van der Waals surface area contributed by atoms with Crippen molar-refractivity contribution in [3.05, 3.63) is 0 Å². The number of Topliss-reactive ketones (excluding diaryl/α,β-unsaturated/α-hetero) is 1. The Bertz CT molecular complexity index is 264. The number of fused-ring (bicyclic) bond motifs is 1. The van der Waals surface area contributed by atoms with Gasteiger partial charge in [0.1, 0.15) is 0 Å². The molecule has 0 unspecified atom stereocenters. The minimum atomic E-state index is -0.838. The number of nitrogens with one attached hydrogen (secondary N) is 1. The van der Waals surface area contributed by atoms with Crippen LogP contribution >= 0.6 is 0 Å². The van der Waals surface area contributed by atoms with Gasteiger partial charge in [0.2, 0.25) is 0 Å². The Morgan fingerprint density at radius 3 is 3.00 bits per heavy atom. The van der Waals surface area contributed by atoms with Gasteiger partial charge in [0.15, 0.2) is 11.4 Å². The van der Waals surface area contributed by atoms with Crippen molar-refractivity contribution in [1.82, 2.24) is 5.32 Å². The molecule has 4 heteroatoms. The number of hydrogen-bond acceptors (Lipinski definition) is 3. The van der Waals surface area contributed by atoms with Gasteiger partial charge in [-0.3, -0.25) is 4.79 Å². The summed E-state index contributed by atoms with van der Waals surface area (Å²) < 4.78 is 5.11. The van der Waals surface area contributed by atoms with Crippen LogP contribution in [0.25, 0.3) is 0 Å². The first-order chi connectivity index (χ1) is 6.15. The van der Waals surface area contributed by atoms with E-state index in [9.17, 15) is 9.59 Å². The summed E-state index contributed by atoms with van der Waals surface area (Å²) in [4.78, 5) is 22.5. The summed E-state index contributed by atoms with van der Waals surface area (Å²) in [7, 11) is 0. The van der Waals surface area contributed by atoms with Crippen molar-refractivity contribution in [2.45, 2.75) is 44.2 Å². The summed E-state index contributed by atoms with van der Waals surface area (Å²) >= 11 is 0. The Hall–Kier alpha value is -1.06. The van der Waals surface area contributed by atoms with Gasteiger partial charge in [0, 0.05) is 0 Å². The van der Waals surface area contributed by atoms with Crippen LogP contribution in [-0.2, 0) is 9.53 Å². The van der Waals surface area contributed by atoms with Crippen molar-refractivity contribution in [1.29, 1.82) is 0 Å². The Labute approximate surface area is 76.6 Å². The highest BCUT2D eigenvalue weighted by molar-refractivity contribution is 5.91. The molecule has 0 aromatic heterocycles. The van der Waals surface area contributed by atoms with Crippen molar-refractivity contribution in [2.75, 3.05) is 0 Å². The molecular formula is C9H13NO3. The zero-order chi connectivity index (χ0) is 9.47. The van der Waals surface area contributed by atoms with Gasteiger partial charge in [-0.05, 0) is 26.2 Å². The number of carbonyl (C=O) groups is 2. The highest BCUT2D eigenvalue weighted by Gasteiger charge is 2.53. The number of ether oxygens (including phenoxy) is 1. The van der Waals surface area contributed by atoms with E-state index in [0.717, 1.165) is 19.3 Å². The first kappa shape index (κ1) is 8.53. The van der Waals surface area contributed by atoms with Crippen molar-refractivity contribution in [3.63, 3.8) is 0 Å². The minimum Gasteiger partial charge on any atom is -0.433 e. The molecule has 1 aliphatic heterocycles. The quantitative estimate of drug-likeness (QED) is 0.659. The highest BCUT2D eigenvalue weighted by Crippen LogP contribution is 2.36. The molecule has 2 atom stereocenters. The second-order valence-corrected chi connectivity index (χ2v) is 3.78. The molecule has 13 heavy (non-hydrogen) atoms. The molecular weight excluding hydrogens is 170 g/mol. The molecule has 0 radical (unpaired) electrons. The fourth-order valence-electron chi connectivity index (χ4n) is 2.28. The third kappa shape index (κ3) is 1.12. The van der Waals surface area contributed by atoms with Gasteiger partial charge in [0.25, 0.3) is 0 Å². The largest absolute Gasteiger partial charge is 0.433 e. The second kappa shape index (κ2) is 2.72. The van der Waals surface area contributed by atoms with Gasteiger partial charge < -0.3 is 10.1 Å². The molecule has 1 saturated heterocycles. The molecule has 0 bridgehead atoms. The number of alkyl carbamates (subject to hydrolysis) is 1. The lowest BCUT2D eigenvalue weighted by molar-refractivity contribution is -0.136. The number of ketones is 1. The molecule has 0 aromatic carbocycles. The third-order valence-corrected chi connectivity index (χ3v) is 3.02. The predicted molar refractivity (Wildman–Crippen MR) is 45.3 cm³/mol. The third-order valence-electron chi connectivity index (χ3n) is 3.02. The van der Waals surface area contributed by atoms with E-state index in [0.29, 0.717) is 6.42 Å². The first-order valence-electron chi connectivity index (χ1n) is 4.66. The molecule has 1 aliphatic carbocycles. The molecule has 2 fully saturated rings. The summed E-state index contributed by atoms with van der Waals surface area (Å²) in [6, 6.07) is -0.0914. The number of hydrogen-bond donors (Lipinski definition) is 1. The van der Waals surface area contributed by atoms with Crippen molar-refractivity contribution < 1.29 is 14.3 Å². The molecule has 0 spiro atoms. The van der Waals surface area contributed by atoms with Gasteiger partial charge in [-0.1, -0.05) is 6.42 Å². The van der Waals surface area contributed by atoms with Crippen LogP contribution in [0.3, 0.4) is 0 Å². The minimum absolute atomic E-state index is 0.0319. The summed E-state index contributed by atoms with van der Waals surface area (Å²) in [6.45, 7) is 1.50. The normalized spacial score (nSPS) is 37.6.